The van der Waals surface area contributed by atoms with Crippen LogP contribution in [-0.4, -0.2) is 30.4 Å². The van der Waals surface area contributed by atoms with Crippen LogP contribution < -0.4 is 10.2 Å². The summed E-state index contributed by atoms with van der Waals surface area (Å²) >= 11 is 0. The third-order valence-corrected chi connectivity index (χ3v) is 4.73. The second-order valence-electron chi connectivity index (χ2n) is 6.75. The van der Waals surface area contributed by atoms with E-state index in [4.69, 9.17) is 5.10 Å². The van der Waals surface area contributed by atoms with Gasteiger partial charge < -0.3 is 10.2 Å². The number of alkyl halides is 3. The Morgan fingerprint density at radius 1 is 1.07 bits per heavy atom. The summed E-state index contributed by atoms with van der Waals surface area (Å²) in [7, 11) is 3.96. The molecule has 2 heterocycles. The summed E-state index contributed by atoms with van der Waals surface area (Å²) < 4.78 is 40.2. The lowest BCUT2D eigenvalue weighted by molar-refractivity contribution is -0.137. The SMILES string of the molecule is CN(C)c1cccc(-c2nn(-c3ccc(C(F)(F)F)cc3)c3c2CCN3)c1. The summed E-state index contributed by atoms with van der Waals surface area (Å²) in [6, 6.07) is 13.2. The number of nitrogens with one attached hydrogen (secondary N) is 1. The van der Waals surface area contributed by atoms with Crippen molar-refractivity contribution in [3.63, 3.8) is 0 Å². The third kappa shape index (κ3) is 3.13. The molecule has 0 bridgehead atoms. The van der Waals surface area contributed by atoms with Gasteiger partial charge in [0.05, 0.1) is 16.9 Å². The van der Waals surface area contributed by atoms with Crippen LogP contribution in [0.4, 0.5) is 24.7 Å². The molecule has 0 aliphatic carbocycles. The molecule has 3 aromatic rings. The van der Waals surface area contributed by atoms with E-state index in [0.717, 1.165) is 53.4 Å². The molecule has 4 nitrogen and oxygen atoms in total. The first-order valence-electron chi connectivity index (χ1n) is 8.66. The molecule has 0 amide bonds. The predicted octanol–water partition coefficient (Wildman–Crippen LogP) is 4.59. The van der Waals surface area contributed by atoms with E-state index in [-0.39, 0.29) is 0 Å². The van der Waals surface area contributed by atoms with Crippen LogP contribution in [0.3, 0.4) is 0 Å². The van der Waals surface area contributed by atoms with Gasteiger partial charge in [-0.05, 0) is 42.8 Å². The highest BCUT2D eigenvalue weighted by Crippen LogP contribution is 2.36. The minimum absolute atomic E-state index is 0.601. The van der Waals surface area contributed by atoms with Crippen molar-refractivity contribution in [1.82, 2.24) is 9.78 Å². The summed E-state index contributed by atoms with van der Waals surface area (Å²) in [4.78, 5) is 2.02. The zero-order chi connectivity index (χ0) is 19.2. The van der Waals surface area contributed by atoms with E-state index in [9.17, 15) is 13.2 Å². The second-order valence-corrected chi connectivity index (χ2v) is 6.75. The monoisotopic (exact) mass is 372 g/mol. The fourth-order valence-corrected chi connectivity index (χ4v) is 3.32. The first-order chi connectivity index (χ1) is 12.8. The molecule has 0 saturated heterocycles. The number of hydrogen-bond acceptors (Lipinski definition) is 3. The molecule has 2 aromatic carbocycles. The van der Waals surface area contributed by atoms with Gasteiger partial charge in [0.15, 0.2) is 0 Å². The Morgan fingerprint density at radius 2 is 1.81 bits per heavy atom. The van der Waals surface area contributed by atoms with Gasteiger partial charge in [0.25, 0.3) is 0 Å². The minimum atomic E-state index is -4.35. The average molecular weight is 372 g/mol. The van der Waals surface area contributed by atoms with Gasteiger partial charge in [-0.15, -0.1) is 0 Å². The van der Waals surface area contributed by atoms with Gasteiger partial charge in [-0.1, -0.05) is 12.1 Å². The molecule has 0 unspecified atom stereocenters. The van der Waals surface area contributed by atoms with Gasteiger partial charge in [-0.25, -0.2) is 4.68 Å². The van der Waals surface area contributed by atoms with E-state index in [0.29, 0.717) is 5.69 Å². The summed E-state index contributed by atoms with van der Waals surface area (Å²) in [5.41, 5.74) is 3.94. The number of nitrogens with zero attached hydrogens (tertiary/aromatic N) is 3. The zero-order valence-electron chi connectivity index (χ0n) is 15.0. The molecule has 0 spiro atoms. The van der Waals surface area contributed by atoms with Crippen LogP contribution in [0.2, 0.25) is 0 Å². The number of benzene rings is 2. The molecule has 140 valence electrons. The fraction of sp³-hybridized carbons (Fsp3) is 0.250. The van der Waals surface area contributed by atoms with Crippen LogP contribution >= 0.6 is 0 Å². The number of aromatic nitrogens is 2. The van der Waals surface area contributed by atoms with E-state index >= 15 is 0 Å². The summed E-state index contributed by atoms with van der Waals surface area (Å²) in [6.07, 6.45) is -3.52. The van der Waals surface area contributed by atoms with Gasteiger partial charge in [-0.3, -0.25) is 0 Å². The Balaban J connectivity index is 1.79. The van der Waals surface area contributed by atoms with Crippen LogP contribution in [0.15, 0.2) is 48.5 Å². The number of anilines is 2. The van der Waals surface area contributed by atoms with Crippen molar-refractivity contribution >= 4 is 11.5 Å². The molecule has 0 fully saturated rings. The predicted molar refractivity (Wildman–Crippen MR) is 101 cm³/mol. The van der Waals surface area contributed by atoms with E-state index in [1.54, 1.807) is 4.68 Å². The topological polar surface area (TPSA) is 33.1 Å². The number of rotatable bonds is 3. The van der Waals surface area contributed by atoms with Gasteiger partial charge >= 0.3 is 6.18 Å². The lowest BCUT2D eigenvalue weighted by Gasteiger charge is -2.13. The van der Waals surface area contributed by atoms with Gasteiger partial charge in [0, 0.05) is 37.5 Å². The summed E-state index contributed by atoms with van der Waals surface area (Å²) in [5, 5.41) is 8.03. The number of hydrogen-bond donors (Lipinski definition) is 1. The zero-order valence-corrected chi connectivity index (χ0v) is 15.0. The number of fused-ring (bicyclic) bond motifs is 1. The van der Waals surface area contributed by atoms with Crippen LogP contribution in [0.1, 0.15) is 11.1 Å². The number of halogens is 3. The van der Waals surface area contributed by atoms with Crippen LogP contribution in [-0.2, 0) is 12.6 Å². The van der Waals surface area contributed by atoms with Crippen molar-refractivity contribution in [2.45, 2.75) is 12.6 Å². The van der Waals surface area contributed by atoms with E-state index < -0.39 is 11.7 Å². The average Bonchev–Trinajstić information content (AvgIpc) is 3.23. The second kappa shape index (κ2) is 6.33. The molecule has 0 atom stereocenters. The Bertz CT molecular complexity index is 972. The molecule has 0 radical (unpaired) electrons. The molecule has 0 saturated carbocycles. The van der Waals surface area contributed by atoms with Crippen LogP contribution in [0.5, 0.6) is 0 Å². The first-order valence-corrected chi connectivity index (χ1v) is 8.66. The van der Waals surface area contributed by atoms with Crippen molar-refractivity contribution in [2.75, 3.05) is 30.9 Å². The van der Waals surface area contributed by atoms with Crippen molar-refractivity contribution in [3.8, 4) is 16.9 Å². The molecular formula is C20H19F3N4. The maximum absolute atomic E-state index is 12.8. The highest BCUT2D eigenvalue weighted by atomic mass is 19.4. The highest BCUT2D eigenvalue weighted by Gasteiger charge is 2.30. The summed E-state index contributed by atoms with van der Waals surface area (Å²) in [5.74, 6) is 0.847. The molecule has 4 rings (SSSR count). The van der Waals surface area contributed by atoms with Crippen molar-refractivity contribution in [3.05, 3.63) is 59.7 Å². The third-order valence-electron chi connectivity index (χ3n) is 4.73. The summed E-state index contributed by atoms with van der Waals surface area (Å²) in [6.45, 7) is 0.786. The van der Waals surface area contributed by atoms with Gasteiger partial charge in [-0.2, -0.15) is 18.3 Å². The maximum atomic E-state index is 12.8. The van der Waals surface area contributed by atoms with Crippen molar-refractivity contribution in [2.24, 2.45) is 0 Å². The first kappa shape index (κ1) is 17.5. The Morgan fingerprint density at radius 3 is 2.48 bits per heavy atom. The van der Waals surface area contributed by atoms with Crippen molar-refractivity contribution < 1.29 is 13.2 Å². The minimum Gasteiger partial charge on any atom is -0.378 e. The molecular weight excluding hydrogens is 353 g/mol. The molecule has 1 aliphatic heterocycles. The smallest absolute Gasteiger partial charge is 0.378 e. The molecule has 1 aromatic heterocycles. The highest BCUT2D eigenvalue weighted by molar-refractivity contribution is 5.75. The quantitative estimate of drug-likeness (QED) is 0.730. The Hall–Kier alpha value is -2.96. The largest absolute Gasteiger partial charge is 0.416 e. The lowest BCUT2D eigenvalue weighted by atomic mass is 10.1. The fourth-order valence-electron chi connectivity index (χ4n) is 3.32. The van der Waals surface area contributed by atoms with Crippen molar-refractivity contribution in [1.29, 1.82) is 0 Å². The normalized spacial score (nSPS) is 13.4. The van der Waals surface area contributed by atoms with E-state index in [2.05, 4.69) is 11.4 Å². The van der Waals surface area contributed by atoms with Gasteiger partial charge in [0.1, 0.15) is 5.82 Å². The standard InChI is InChI=1S/C20H19F3N4/c1-26(2)16-5-3-4-13(12-16)18-17-10-11-24-19(17)27(25-18)15-8-6-14(7-9-15)20(21,22)23/h3-9,12,24H,10-11H2,1-2H3. The van der Waals surface area contributed by atoms with Gasteiger partial charge in [0.2, 0.25) is 0 Å². The Labute approximate surface area is 155 Å². The molecule has 27 heavy (non-hydrogen) atoms. The molecule has 1 N–H and O–H groups in total. The molecule has 7 heteroatoms. The maximum Gasteiger partial charge on any atom is 0.416 e. The van der Waals surface area contributed by atoms with Crippen LogP contribution in [0.25, 0.3) is 16.9 Å². The van der Waals surface area contributed by atoms with E-state index in [1.807, 2.05) is 37.2 Å². The van der Waals surface area contributed by atoms with E-state index in [1.165, 1.54) is 12.1 Å². The molecule has 1 aliphatic rings. The lowest BCUT2D eigenvalue weighted by Crippen LogP contribution is -2.08. The van der Waals surface area contributed by atoms with Crippen LogP contribution in [0, 0.1) is 0 Å². The Kier molecular flexibility index (Phi) is 4.09.